The van der Waals surface area contributed by atoms with Crippen LogP contribution in [0.15, 0.2) is 24.3 Å². The second kappa shape index (κ2) is 5.11. The summed E-state index contributed by atoms with van der Waals surface area (Å²) < 4.78 is 12.1. The van der Waals surface area contributed by atoms with Gasteiger partial charge in [-0.15, -0.1) is 0 Å². The molecule has 1 aliphatic rings. The largest absolute Gasteiger partial charge is 0.480 e. The summed E-state index contributed by atoms with van der Waals surface area (Å²) >= 11 is 0. The van der Waals surface area contributed by atoms with Gasteiger partial charge < -0.3 is 15.0 Å². The summed E-state index contributed by atoms with van der Waals surface area (Å²) in [4.78, 5) is 0. The Labute approximate surface area is 129 Å². The minimum absolute atomic E-state index is 0.146. The van der Waals surface area contributed by atoms with Gasteiger partial charge in [-0.05, 0) is 44.2 Å². The highest BCUT2D eigenvalue weighted by Crippen LogP contribution is 2.39. The summed E-state index contributed by atoms with van der Waals surface area (Å²) in [6, 6.07) is 8.44. The monoisotopic (exact) mass is 289 g/mol. The first-order chi connectivity index (χ1) is 9.44. The van der Waals surface area contributed by atoms with Gasteiger partial charge in [-0.1, -0.05) is 45.0 Å². The number of nitrogens with two attached hydrogens (primary N) is 1. The minimum Gasteiger partial charge on any atom is -0.402 e. The lowest BCUT2D eigenvalue weighted by Gasteiger charge is -2.32. The molecule has 3 nitrogen and oxygen atoms in total. The quantitative estimate of drug-likeness (QED) is 0.846. The highest BCUT2D eigenvalue weighted by Gasteiger charge is 2.53. The van der Waals surface area contributed by atoms with Crippen LogP contribution in [0.4, 0.5) is 0 Å². The van der Waals surface area contributed by atoms with Crippen molar-refractivity contribution < 1.29 is 9.31 Å². The molecule has 0 bridgehead atoms. The zero-order valence-corrected chi connectivity index (χ0v) is 14.4. The molecule has 0 saturated carbocycles. The van der Waals surface area contributed by atoms with Crippen LogP contribution in [0.25, 0.3) is 0 Å². The Kier molecular flexibility index (Phi) is 4.03. The topological polar surface area (TPSA) is 44.5 Å². The fraction of sp³-hybridized carbons (Fsp3) is 0.647. The van der Waals surface area contributed by atoms with Crippen molar-refractivity contribution in [3.63, 3.8) is 0 Å². The normalized spacial score (nSPS) is 22.4. The van der Waals surface area contributed by atoms with Crippen LogP contribution in [0, 0.1) is 0 Å². The molecule has 1 heterocycles. The second-order valence-corrected chi connectivity index (χ2v) is 8.02. The predicted molar refractivity (Wildman–Crippen MR) is 88.2 cm³/mol. The average Bonchev–Trinajstić information content (AvgIpc) is 2.57. The van der Waals surface area contributed by atoms with Gasteiger partial charge in [-0.25, -0.2) is 0 Å². The summed E-state index contributed by atoms with van der Waals surface area (Å²) in [5.74, 6) is -0.278. The van der Waals surface area contributed by atoms with Crippen molar-refractivity contribution >= 4 is 7.12 Å². The molecule has 2 N–H and O–H groups in total. The van der Waals surface area contributed by atoms with E-state index in [4.69, 9.17) is 15.0 Å². The molecule has 0 spiro atoms. The van der Waals surface area contributed by atoms with Crippen molar-refractivity contribution in [2.45, 2.75) is 71.0 Å². The molecule has 4 heteroatoms. The molecule has 0 aliphatic carbocycles. The first kappa shape index (κ1) is 16.5. The van der Waals surface area contributed by atoms with Gasteiger partial charge >= 0.3 is 7.12 Å². The summed E-state index contributed by atoms with van der Waals surface area (Å²) in [5.41, 5.74) is 8.15. The molecule has 1 aromatic rings. The van der Waals surface area contributed by atoms with E-state index >= 15 is 0 Å². The number of rotatable bonds is 2. The molecule has 21 heavy (non-hydrogen) atoms. The van der Waals surface area contributed by atoms with E-state index in [1.54, 1.807) is 0 Å². The van der Waals surface area contributed by atoms with E-state index in [-0.39, 0.29) is 22.6 Å². The van der Waals surface area contributed by atoms with Crippen LogP contribution >= 0.6 is 0 Å². The molecule has 0 aromatic heterocycles. The van der Waals surface area contributed by atoms with Gasteiger partial charge in [0.15, 0.2) is 0 Å². The van der Waals surface area contributed by atoms with Gasteiger partial charge in [0.25, 0.3) is 0 Å². The molecule has 1 atom stereocenters. The maximum atomic E-state index is 6.35. The Morgan fingerprint density at radius 3 is 1.76 bits per heavy atom. The number of hydrogen-bond donors (Lipinski definition) is 1. The molecular formula is C17H28BNO2. The molecule has 116 valence electrons. The third-order valence-corrected chi connectivity index (χ3v) is 4.73. The Morgan fingerprint density at radius 2 is 1.38 bits per heavy atom. The van der Waals surface area contributed by atoms with E-state index < -0.39 is 7.12 Å². The standard InChI is InChI=1S/C17H28BNO2/c1-15(2,3)13-10-8-12(9-11-13)14(19)18-20-16(4,5)17(6,7)21-18/h8-11,14H,19H2,1-7H3/t14-/m0/s1. The lowest BCUT2D eigenvalue weighted by molar-refractivity contribution is 0.00578. The van der Waals surface area contributed by atoms with Gasteiger partial charge in [0.05, 0.1) is 17.1 Å². The third kappa shape index (κ3) is 3.18. The van der Waals surface area contributed by atoms with Crippen molar-refractivity contribution in [1.82, 2.24) is 0 Å². The zero-order chi connectivity index (χ0) is 16.1. The van der Waals surface area contributed by atoms with Crippen molar-refractivity contribution in [3.05, 3.63) is 35.4 Å². The maximum Gasteiger partial charge on any atom is 0.480 e. The highest BCUT2D eigenvalue weighted by molar-refractivity contribution is 6.47. The van der Waals surface area contributed by atoms with E-state index in [1.165, 1.54) is 5.56 Å². The van der Waals surface area contributed by atoms with Crippen LogP contribution < -0.4 is 5.73 Å². The summed E-state index contributed by atoms with van der Waals surface area (Å²) in [7, 11) is -0.407. The van der Waals surface area contributed by atoms with Gasteiger partial charge in [0, 0.05) is 0 Å². The zero-order valence-electron chi connectivity index (χ0n) is 14.4. The van der Waals surface area contributed by atoms with Crippen LogP contribution in [0.5, 0.6) is 0 Å². The fourth-order valence-corrected chi connectivity index (χ4v) is 2.40. The Balaban J connectivity index is 2.17. The Hall–Kier alpha value is -0.835. The molecule has 0 amide bonds. The fourth-order valence-electron chi connectivity index (χ4n) is 2.40. The van der Waals surface area contributed by atoms with E-state index in [1.807, 2.05) is 27.7 Å². The predicted octanol–water partition coefficient (Wildman–Crippen LogP) is 3.62. The lowest BCUT2D eigenvalue weighted by atomic mass is 9.74. The number of benzene rings is 1. The van der Waals surface area contributed by atoms with Crippen LogP contribution in [0.3, 0.4) is 0 Å². The Morgan fingerprint density at radius 1 is 0.952 bits per heavy atom. The molecule has 1 aromatic carbocycles. The molecule has 2 rings (SSSR count). The smallest absolute Gasteiger partial charge is 0.402 e. The maximum absolute atomic E-state index is 6.35. The van der Waals surface area contributed by atoms with E-state index in [0.29, 0.717) is 0 Å². The van der Waals surface area contributed by atoms with Crippen LogP contribution in [0.1, 0.15) is 65.5 Å². The summed E-state index contributed by atoms with van der Waals surface area (Å²) in [6.07, 6.45) is 0. The van der Waals surface area contributed by atoms with E-state index in [0.717, 1.165) is 5.56 Å². The molecule has 0 radical (unpaired) electrons. The van der Waals surface area contributed by atoms with Crippen molar-refractivity contribution in [2.75, 3.05) is 0 Å². The SMILES string of the molecule is CC(C)(C)c1ccc([C@H](N)B2OC(C)(C)C(C)(C)O2)cc1. The van der Waals surface area contributed by atoms with E-state index in [9.17, 15) is 0 Å². The summed E-state index contributed by atoms with van der Waals surface area (Å²) in [5, 5.41) is 0. The third-order valence-electron chi connectivity index (χ3n) is 4.73. The molecule has 1 aliphatic heterocycles. The molecule has 1 saturated heterocycles. The molecule has 1 fully saturated rings. The van der Waals surface area contributed by atoms with Crippen molar-refractivity contribution in [2.24, 2.45) is 5.73 Å². The van der Waals surface area contributed by atoms with Crippen molar-refractivity contribution in [1.29, 1.82) is 0 Å². The van der Waals surface area contributed by atoms with Crippen LogP contribution in [0.2, 0.25) is 0 Å². The first-order valence-electron chi connectivity index (χ1n) is 7.66. The highest BCUT2D eigenvalue weighted by atomic mass is 16.7. The Bertz CT molecular complexity index is 487. The lowest BCUT2D eigenvalue weighted by Crippen LogP contribution is -2.41. The molecular weight excluding hydrogens is 261 g/mol. The average molecular weight is 289 g/mol. The second-order valence-electron chi connectivity index (χ2n) is 8.02. The van der Waals surface area contributed by atoms with Crippen LogP contribution in [-0.2, 0) is 14.7 Å². The number of hydrogen-bond acceptors (Lipinski definition) is 3. The van der Waals surface area contributed by atoms with Gasteiger partial charge in [-0.2, -0.15) is 0 Å². The van der Waals surface area contributed by atoms with E-state index in [2.05, 4.69) is 45.0 Å². The molecule has 0 unspecified atom stereocenters. The summed E-state index contributed by atoms with van der Waals surface area (Å²) in [6.45, 7) is 14.8. The van der Waals surface area contributed by atoms with Crippen LogP contribution in [-0.4, -0.2) is 18.3 Å². The first-order valence-corrected chi connectivity index (χ1v) is 7.66. The van der Waals surface area contributed by atoms with Gasteiger partial charge in [-0.3, -0.25) is 0 Å². The van der Waals surface area contributed by atoms with Gasteiger partial charge in [0.2, 0.25) is 0 Å². The van der Waals surface area contributed by atoms with Crippen molar-refractivity contribution in [3.8, 4) is 0 Å². The van der Waals surface area contributed by atoms with Gasteiger partial charge in [0.1, 0.15) is 0 Å². The minimum atomic E-state index is -0.407.